The maximum atomic E-state index is 11.9. The van der Waals surface area contributed by atoms with Gasteiger partial charge in [-0.3, -0.25) is 4.79 Å². The number of anilines is 1. The van der Waals surface area contributed by atoms with E-state index in [1.165, 1.54) is 0 Å². The van der Waals surface area contributed by atoms with Gasteiger partial charge in [-0.25, -0.2) is 0 Å². The van der Waals surface area contributed by atoms with Gasteiger partial charge < -0.3 is 24.8 Å². The van der Waals surface area contributed by atoms with Crippen LogP contribution in [-0.4, -0.2) is 45.4 Å². The van der Waals surface area contributed by atoms with Crippen LogP contribution in [0.15, 0.2) is 48.5 Å². The average Bonchev–Trinajstić information content (AvgIpc) is 2.64. The van der Waals surface area contributed by atoms with Gasteiger partial charge in [-0.1, -0.05) is 24.3 Å². The van der Waals surface area contributed by atoms with Crippen molar-refractivity contribution in [1.82, 2.24) is 5.32 Å². The highest BCUT2D eigenvalue weighted by molar-refractivity contribution is 5.77. The number of para-hydroxylation sites is 2. The molecule has 0 fully saturated rings. The molecule has 2 rings (SSSR count). The van der Waals surface area contributed by atoms with Crippen molar-refractivity contribution in [1.29, 1.82) is 0 Å². The maximum absolute atomic E-state index is 11.9. The summed E-state index contributed by atoms with van der Waals surface area (Å²) in [4.78, 5) is 13.9. The Hall–Kier alpha value is -2.73. The molecule has 2 aromatic rings. The van der Waals surface area contributed by atoms with Crippen LogP contribution in [0.4, 0.5) is 5.69 Å². The van der Waals surface area contributed by atoms with E-state index < -0.39 is 6.10 Å². The average molecular weight is 344 g/mol. The number of benzene rings is 2. The Morgan fingerprint density at radius 1 is 1.12 bits per heavy atom. The zero-order chi connectivity index (χ0) is 18.2. The van der Waals surface area contributed by atoms with Crippen molar-refractivity contribution in [3.8, 4) is 11.5 Å². The summed E-state index contributed by atoms with van der Waals surface area (Å²) >= 11 is 0. The van der Waals surface area contributed by atoms with Crippen molar-refractivity contribution in [2.75, 3.05) is 39.3 Å². The van der Waals surface area contributed by atoms with Crippen LogP contribution in [0, 0.1) is 0 Å². The Morgan fingerprint density at radius 3 is 2.36 bits per heavy atom. The molecule has 0 radical (unpaired) electrons. The SMILES string of the molecule is COc1ccccc1OCC(=O)NCC(O)c1ccc(N(C)C)cc1. The molecule has 6 heteroatoms. The van der Waals surface area contributed by atoms with Crippen LogP contribution in [0.3, 0.4) is 0 Å². The third-order valence-corrected chi connectivity index (χ3v) is 3.71. The molecule has 1 unspecified atom stereocenters. The van der Waals surface area contributed by atoms with Crippen molar-refractivity contribution in [2.24, 2.45) is 0 Å². The fourth-order valence-electron chi connectivity index (χ4n) is 2.26. The summed E-state index contributed by atoms with van der Waals surface area (Å²) < 4.78 is 10.6. The number of hydrogen-bond donors (Lipinski definition) is 2. The first-order chi connectivity index (χ1) is 12.0. The first-order valence-corrected chi connectivity index (χ1v) is 7.99. The molecule has 0 saturated carbocycles. The van der Waals surface area contributed by atoms with E-state index in [0.29, 0.717) is 11.5 Å². The third-order valence-electron chi connectivity index (χ3n) is 3.71. The number of nitrogens with zero attached hydrogens (tertiary/aromatic N) is 1. The molecule has 0 spiro atoms. The topological polar surface area (TPSA) is 71.0 Å². The molecular formula is C19H24N2O4. The smallest absolute Gasteiger partial charge is 0.258 e. The van der Waals surface area contributed by atoms with E-state index in [0.717, 1.165) is 11.3 Å². The molecule has 0 aliphatic heterocycles. The molecular weight excluding hydrogens is 320 g/mol. The van der Waals surface area contributed by atoms with Gasteiger partial charge in [0.05, 0.1) is 13.2 Å². The lowest BCUT2D eigenvalue weighted by Crippen LogP contribution is -2.32. The summed E-state index contributed by atoms with van der Waals surface area (Å²) in [6, 6.07) is 14.6. The summed E-state index contributed by atoms with van der Waals surface area (Å²) in [6.45, 7) is -0.0257. The minimum absolute atomic E-state index is 0.120. The first kappa shape index (κ1) is 18.6. The molecule has 6 nitrogen and oxygen atoms in total. The Morgan fingerprint density at radius 2 is 1.76 bits per heavy atom. The number of amides is 1. The monoisotopic (exact) mass is 344 g/mol. The molecule has 2 aromatic carbocycles. The van der Waals surface area contributed by atoms with Gasteiger partial charge in [0.15, 0.2) is 18.1 Å². The van der Waals surface area contributed by atoms with E-state index in [4.69, 9.17) is 9.47 Å². The van der Waals surface area contributed by atoms with Gasteiger partial charge in [0, 0.05) is 26.3 Å². The van der Waals surface area contributed by atoms with E-state index >= 15 is 0 Å². The van der Waals surface area contributed by atoms with Crippen LogP contribution >= 0.6 is 0 Å². The minimum Gasteiger partial charge on any atom is -0.493 e. The van der Waals surface area contributed by atoms with Crippen LogP contribution in [-0.2, 0) is 4.79 Å². The highest BCUT2D eigenvalue weighted by atomic mass is 16.5. The van der Waals surface area contributed by atoms with Crippen LogP contribution in [0.25, 0.3) is 0 Å². The van der Waals surface area contributed by atoms with Gasteiger partial charge in [-0.2, -0.15) is 0 Å². The maximum Gasteiger partial charge on any atom is 0.258 e. The van der Waals surface area contributed by atoms with Crippen molar-refractivity contribution < 1.29 is 19.4 Å². The van der Waals surface area contributed by atoms with Gasteiger partial charge in [0.1, 0.15) is 0 Å². The second-order valence-corrected chi connectivity index (χ2v) is 5.75. The number of nitrogens with one attached hydrogen (secondary N) is 1. The van der Waals surface area contributed by atoms with Crippen LogP contribution < -0.4 is 19.7 Å². The van der Waals surface area contributed by atoms with E-state index in [9.17, 15) is 9.90 Å². The van der Waals surface area contributed by atoms with Crippen molar-refractivity contribution in [3.05, 3.63) is 54.1 Å². The largest absolute Gasteiger partial charge is 0.493 e. The Balaban J connectivity index is 1.81. The van der Waals surface area contributed by atoms with Crippen molar-refractivity contribution in [3.63, 3.8) is 0 Å². The molecule has 1 amide bonds. The summed E-state index contributed by atoms with van der Waals surface area (Å²) in [5, 5.41) is 12.8. The van der Waals surface area contributed by atoms with E-state index in [2.05, 4.69) is 5.32 Å². The second-order valence-electron chi connectivity index (χ2n) is 5.75. The van der Waals surface area contributed by atoms with Crippen LogP contribution in [0.5, 0.6) is 11.5 Å². The Labute approximate surface area is 148 Å². The van der Waals surface area contributed by atoms with Gasteiger partial charge in [0.2, 0.25) is 0 Å². The fraction of sp³-hybridized carbons (Fsp3) is 0.316. The standard InChI is InChI=1S/C19H24N2O4/c1-21(2)15-10-8-14(9-11-15)16(22)12-20-19(23)13-25-18-7-5-4-6-17(18)24-3/h4-11,16,22H,12-13H2,1-3H3,(H,20,23). The minimum atomic E-state index is -0.772. The molecule has 0 aromatic heterocycles. The molecule has 134 valence electrons. The molecule has 0 heterocycles. The second kappa shape index (κ2) is 8.94. The summed E-state index contributed by atoms with van der Waals surface area (Å²) in [5.41, 5.74) is 1.79. The summed E-state index contributed by atoms with van der Waals surface area (Å²) in [5.74, 6) is 0.756. The van der Waals surface area contributed by atoms with Gasteiger partial charge >= 0.3 is 0 Å². The quantitative estimate of drug-likeness (QED) is 0.766. The fourth-order valence-corrected chi connectivity index (χ4v) is 2.26. The van der Waals surface area contributed by atoms with Gasteiger partial charge in [-0.15, -0.1) is 0 Å². The zero-order valence-electron chi connectivity index (χ0n) is 14.7. The summed E-state index contributed by atoms with van der Waals surface area (Å²) in [6.07, 6.45) is -0.772. The molecule has 0 aliphatic rings. The Kier molecular flexibility index (Phi) is 6.65. The molecule has 0 saturated heterocycles. The number of methoxy groups -OCH3 is 1. The number of aliphatic hydroxyl groups excluding tert-OH is 1. The lowest BCUT2D eigenvalue weighted by atomic mass is 10.1. The first-order valence-electron chi connectivity index (χ1n) is 7.99. The van der Waals surface area contributed by atoms with E-state index in [-0.39, 0.29) is 19.1 Å². The van der Waals surface area contributed by atoms with E-state index in [1.807, 2.05) is 49.3 Å². The highest BCUT2D eigenvalue weighted by Gasteiger charge is 2.11. The number of aliphatic hydroxyl groups is 1. The lowest BCUT2D eigenvalue weighted by Gasteiger charge is -2.16. The van der Waals surface area contributed by atoms with Gasteiger partial charge in [-0.05, 0) is 29.8 Å². The zero-order valence-corrected chi connectivity index (χ0v) is 14.7. The highest BCUT2D eigenvalue weighted by Crippen LogP contribution is 2.25. The molecule has 25 heavy (non-hydrogen) atoms. The Bertz CT molecular complexity index is 686. The van der Waals surface area contributed by atoms with Crippen molar-refractivity contribution in [2.45, 2.75) is 6.10 Å². The molecule has 0 aliphatic carbocycles. The van der Waals surface area contributed by atoms with Crippen LogP contribution in [0.1, 0.15) is 11.7 Å². The van der Waals surface area contributed by atoms with Gasteiger partial charge in [0.25, 0.3) is 5.91 Å². The number of rotatable bonds is 8. The number of carbonyl (C=O) groups is 1. The molecule has 2 N–H and O–H groups in total. The number of ether oxygens (including phenoxy) is 2. The normalized spacial score (nSPS) is 11.5. The third kappa shape index (κ3) is 5.39. The van der Waals surface area contributed by atoms with Crippen molar-refractivity contribution >= 4 is 11.6 Å². The predicted octanol–water partition coefficient (Wildman–Crippen LogP) is 1.99. The molecule has 0 bridgehead atoms. The lowest BCUT2D eigenvalue weighted by molar-refractivity contribution is -0.123. The van der Waals surface area contributed by atoms with E-state index in [1.54, 1.807) is 25.3 Å². The number of hydrogen-bond acceptors (Lipinski definition) is 5. The predicted molar refractivity (Wildman–Crippen MR) is 97.2 cm³/mol. The molecule has 1 atom stereocenters. The van der Waals surface area contributed by atoms with Crippen LogP contribution in [0.2, 0.25) is 0 Å². The summed E-state index contributed by atoms with van der Waals surface area (Å²) in [7, 11) is 5.45. The number of carbonyl (C=O) groups excluding carboxylic acids is 1.